The predicted octanol–water partition coefficient (Wildman–Crippen LogP) is 4.15. The number of amides is 2. The highest BCUT2D eigenvalue weighted by Gasteiger charge is 2.33. The van der Waals surface area contributed by atoms with Crippen molar-refractivity contribution in [3.05, 3.63) is 106 Å². The lowest BCUT2D eigenvalue weighted by molar-refractivity contribution is -0.143. The zero-order valence-corrected chi connectivity index (χ0v) is 18.6. The zero-order chi connectivity index (χ0) is 23.4. The summed E-state index contributed by atoms with van der Waals surface area (Å²) >= 11 is 6.37. The van der Waals surface area contributed by atoms with Gasteiger partial charge in [0, 0.05) is 31.1 Å². The van der Waals surface area contributed by atoms with Gasteiger partial charge in [-0.05, 0) is 40.5 Å². The third kappa shape index (κ3) is 5.07. The molecule has 1 heterocycles. The van der Waals surface area contributed by atoms with Crippen LogP contribution in [0.5, 0.6) is 0 Å². The number of aromatic carboxylic acids is 1. The van der Waals surface area contributed by atoms with E-state index in [-0.39, 0.29) is 24.6 Å². The van der Waals surface area contributed by atoms with Gasteiger partial charge in [0.2, 0.25) is 12.3 Å². The summed E-state index contributed by atoms with van der Waals surface area (Å²) in [7, 11) is 0. The topological polar surface area (TPSA) is 77.9 Å². The van der Waals surface area contributed by atoms with Gasteiger partial charge in [0.25, 0.3) is 0 Å². The van der Waals surface area contributed by atoms with Gasteiger partial charge in [0.15, 0.2) is 0 Å². The summed E-state index contributed by atoms with van der Waals surface area (Å²) in [5.41, 5.74) is 3.85. The molecule has 4 rings (SSSR count). The number of hydrogen-bond acceptors (Lipinski definition) is 3. The molecule has 0 aromatic heterocycles. The SMILES string of the molecule is O=CN1Cc2ccccc2CC1C(=O)N(Cc1ccc(C(=O)O)cc1)Cc1ccccc1Cl. The maximum absolute atomic E-state index is 13.8. The maximum Gasteiger partial charge on any atom is 0.335 e. The van der Waals surface area contributed by atoms with Gasteiger partial charge >= 0.3 is 5.97 Å². The van der Waals surface area contributed by atoms with Gasteiger partial charge < -0.3 is 14.9 Å². The number of rotatable bonds is 7. The largest absolute Gasteiger partial charge is 0.478 e. The van der Waals surface area contributed by atoms with E-state index in [0.717, 1.165) is 28.7 Å². The molecular formula is C26H23ClN2O4. The Morgan fingerprint density at radius 1 is 0.970 bits per heavy atom. The maximum atomic E-state index is 13.8. The Hall–Kier alpha value is -3.64. The number of halogens is 1. The molecule has 0 bridgehead atoms. The molecule has 6 nitrogen and oxygen atoms in total. The van der Waals surface area contributed by atoms with E-state index < -0.39 is 12.0 Å². The van der Waals surface area contributed by atoms with Gasteiger partial charge in [-0.3, -0.25) is 9.59 Å². The molecule has 1 aliphatic rings. The highest BCUT2D eigenvalue weighted by atomic mass is 35.5. The minimum atomic E-state index is -1.01. The highest BCUT2D eigenvalue weighted by Crippen LogP contribution is 2.26. The van der Waals surface area contributed by atoms with E-state index >= 15 is 0 Å². The minimum Gasteiger partial charge on any atom is -0.478 e. The number of nitrogens with zero attached hydrogens (tertiary/aromatic N) is 2. The van der Waals surface area contributed by atoms with E-state index in [1.54, 1.807) is 23.1 Å². The summed E-state index contributed by atoms with van der Waals surface area (Å²) in [6.45, 7) is 0.905. The minimum absolute atomic E-state index is 0.179. The van der Waals surface area contributed by atoms with Gasteiger partial charge in [-0.15, -0.1) is 0 Å². The van der Waals surface area contributed by atoms with Crippen molar-refractivity contribution in [2.75, 3.05) is 0 Å². The van der Waals surface area contributed by atoms with Gasteiger partial charge in [0.1, 0.15) is 6.04 Å². The number of hydrogen-bond donors (Lipinski definition) is 1. The Morgan fingerprint density at radius 3 is 2.30 bits per heavy atom. The summed E-state index contributed by atoms with van der Waals surface area (Å²) in [4.78, 5) is 40.0. The van der Waals surface area contributed by atoms with Crippen molar-refractivity contribution in [1.29, 1.82) is 0 Å². The molecule has 1 unspecified atom stereocenters. The summed E-state index contributed by atoms with van der Waals surface area (Å²) < 4.78 is 0. The Balaban J connectivity index is 1.64. The van der Waals surface area contributed by atoms with Crippen molar-refractivity contribution in [3.8, 4) is 0 Å². The van der Waals surface area contributed by atoms with Crippen LogP contribution in [0.25, 0.3) is 0 Å². The van der Waals surface area contributed by atoms with Gasteiger partial charge in [-0.2, -0.15) is 0 Å². The van der Waals surface area contributed by atoms with Gasteiger partial charge in [0.05, 0.1) is 5.56 Å². The normalized spacial score (nSPS) is 14.9. The van der Waals surface area contributed by atoms with Crippen LogP contribution in [0.1, 0.15) is 32.6 Å². The Bertz CT molecular complexity index is 1180. The van der Waals surface area contributed by atoms with Crippen LogP contribution in [0.3, 0.4) is 0 Å². The molecule has 1 N–H and O–H groups in total. The molecule has 0 saturated heterocycles. The number of carboxylic acids is 1. The van der Waals surface area contributed by atoms with Crippen molar-refractivity contribution in [1.82, 2.24) is 9.80 Å². The van der Waals surface area contributed by atoms with Crippen molar-refractivity contribution < 1.29 is 19.5 Å². The summed E-state index contributed by atoms with van der Waals surface area (Å²) in [6.07, 6.45) is 1.17. The fraction of sp³-hybridized carbons (Fsp3) is 0.192. The van der Waals surface area contributed by atoms with Crippen LogP contribution in [0.15, 0.2) is 72.8 Å². The van der Waals surface area contributed by atoms with Crippen LogP contribution < -0.4 is 0 Å². The summed E-state index contributed by atoms with van der Waals surface area (Å²) in [6, 6.07) is 20.9. The number of carbonyl (C=O) groups is 3. The Morgan fingerprint density at radius 2 is 1.64 bits per heavy atom. The number of benzene rings is 3. The molecule has 0 aliphatic carbocycles. The average Bonchev–Trinajstić information content (AvgIpc) is 2.84. The first-order valence-electron chi connectivity index (χ1n) is 10.6. The van der Waals surface area contributed by atoms with Crippen LogP contribution in [0, 0.1) is 0 Å². The van der Waals surface area contributed by atoms with Gasteiger partial charge in [-0.1, -0.05) is 66.2 Å². The second-order valence-electron chi connectivity index (χ2n) is 8.05. The predicted molar refractivity (Wildman–Crippen MR) is 125 cm³/mol. The molecule has 1 aliphatic heterocycles. The molecule has 7 heteroatoms. The van der Waals surface area contributed by atoms with Crippen LogP contribution in [0.4, 0.5) is 0 Å². The monoisotopic (exact) mass is 462 g/mol. The molecule has 33 heavy (non-hydrogen) atoms. The molecule has 0 radical (unpaired) electrons. The number of carbonyl (C=O) groups excluding carboxylic acids is 2. The van der Waals surface area contributed by atoms with Crippen molar-refractivity contribution >= 4 is 29.9 Å². The van der Waals surface area contributed by atoms with E-state index in [9.17, 15) is 14.4 Å². The van der Waals surface area contributed by atoms with E-state index in [4.69, 9.17) is 16.7 Å². The zero-order valence-electron chi connectivity index (χ0n) is 17.9. The standard InChI is InChI=1S/C26H23ClN2O4/c27-23-8-4-3-7-22(23)16-28(14-18-9-11-19(12-10-18)26(32)33)25(31)24-13-20-5-1-2-6-21(20)15-29(24)17-30/h1-12,17,24H,13-16H2,(H,32,33). The second kappa shape index (κ2) is 9.88. The molecule has 0 fully saturated rings. The molecular weight excluding hydrogens is 440 g/mol. The van der Waals surface area contributed by atoms with Gasteiger partial charge in [-0.25, -0.2) is 4.79 Å². The third-order valence-corrected chi connectivity index (χ3v) is 6.28. The molecule has 3 aromatic rings. The highest BCUT2D eigenvalue weighted by molar-refractivity contribution is 6.31. The lowest BCUT2D eigenvalue weighted by Crippen LogP contribution is -2.50. The van der Waals surface area contributed by atoms with Crippen LogP contribution in [-0.2, 0) is 35.6 Å². The van der Waals surface area contributed by atoms with E-state index in [1.807, 2.05) is 42.5 Å². The first-order valence-corrected chi connectivity index (χ1v) is 11.0. The quantitative estimate of drug-likeness (QED) is 0.535. The van der Waals surface area contributed by atoms with Crippen LogP contribution in [0.2, 0.25) is 5.02 Å². The molecule has 3 aromatic carbocycles. The Kier molecular flexibility index (Phi) is 6.75. The summed E-state index contributed by atoms with van der Waals surface area (Å²) in [5.74, 6) is -1.19. The molecule has 168 valence electrons. The molecule has 1 atom stereocenters. The second-order valence-corrected chi connectivity index (χ2v) is 8.46. The Labute approximate surface area is 197 Å². The van der Waals surface area contributed by atoms with E-state index in [0.29, 0.717) is 18.0 Å². The molecule has 0 spiro atoms. The average molecular weight is 463 g/mol. The molecule has 2 amide bonds. The third-order valence-electron chi connectivity index (χ3n) is 5.91. The lowest BCUT2D eigenvalue weighted by Gasteiger charge is -2.36. The molecule has 0 saturated carbocycles. The fourth-order valence-corrected chi connectivity index (χ4v) is 4.31. The number of fused-ring (bicyclic) bond motifs is 1. The first kappa shape index (κ1) is 22.6. The van der Waals surface area contributed by atoms with Crippen molar-refractivity contribution in [3.63, 3.8) is 0 Å². The lowest BCUT2D eigenvalue weighted by atomic mass is 9.93. The van der Waals surface area contributed by atoms with Crippen LogP contribution in [-0.4, -0.2) is 39.2 Å². The fourth-order valence-electron chi connectivity index (χ4n) is 4.11. The van der Waals surface area contributed by atoms with Crippen LogP contribution >= 0.6 is 11.6 Å². The first-order chi connectivity index (χ1) is 16.0. The number of carboxylic acid groups (broad SMARTS) is 1. The van der Waals surface area contributed by atoms with E-state index in [1.165, 1.54) is 17.0 Å². The van der Waals surface area contributed by atoms with Crippen molar-refractivity contribution in [2.24, 2.45) is 0 Å². The van der Waals surface area contributed by atoms with Crippen molar-refractivity contribution in [2.45, 2.75) is 32.1 Å². The smallest absolute Gasteiger partial charge is 0.335 e. The summed E-state index contributed by atoms with van der Waals surface area (Å²) in [5, 5.41) is 9.71. The van der Waals surface area contributed by atoms with E-state index in [2.05, 4.69) is 0 Å².